The Balaban J connectivity index is 1.61. The lowest BCUT2D eigenvalue weighted by Gasteiger charge is -2.25. The van der Waals surface area contributed by atoms with Gasteiger partial charge in [-0.15, -0.1) is 5.10 Å². The van der Waals surface area contributed by atoms with Crippen LogP contribution in [0.25, 0.3) is 11.0 Å². The highest BCUT2D eigenvalue weighted by Gasteiger charge is 2.45. The Morgan fingerprint density at radius 2 is 1.66 bits per heavy atom. The molecule has 144 valence electrons. The minimum absolute atomic E-state index is 0.345. The summed E-state index contributed by atoms with van der Waals surface area (Å²) < 4.78 is 20.9. The molecule has 1 aromatic heterocycles. The van der Waals surface area contributed by atoms with E-state index in [1.165, 1.54) is 12.1 Å². The largest absolute Gasteiger partial charge is 0.437 e. The van der Waals surface area contributed by atoms with E-state index in [9.17, 15) is 9.18 Å². The van der Waals surface area contributed by atoms with E-state index in [1.807, 2.05) is 54.6 Å². The monoisotopic (exact) mass is 388 g/mol. The number of carbonyl (C=O) groups excluding carboxylic acids is 1. The van der Waals surface area contributed by atoms with Crippen LogP contribution in [0.5, 0.6) is 0 Å². The molecule has 1 saturated heterocycles. The molecule has 0 radical (unpaired) electrons. The van der Waals surface area contributed by atoms with Gasteiger partial charge in [0.25, 0.3) is 0 Å². The molecule has 0 N–H and O–H groups in total. The van der Waals surface area contributed by atoms with Gasteiger partial charge in [-0.05, 0) is 35.4 Å². The van der Waals surface area contributed by atoms with Gasteiger partial charge in [0.1, 0.15) is 11.3 Å². The van der Waals surface area contributed by atoms with Crippen molar-refractivity contribution in [3.8, 4) is 0 Å². The minimum Gasteiger partial charge on any atom is -0.437 e. The molecule has 1 amide bonds. The van der Waals surface area contributed by atoms with E-state index in [0.717, 1.165) is 16.6 Å². The number of hydrogen-bond acceptors (Lipinski definition) is 4. The Kier molecular flexibility index (Phi) is 4.20. The number of carbonyl (C=O) groups is 1. The quantitative estimate of drug-likeness (QED) is 0.518. The van der Waals surface area contributed by atoms with Crippen molar-refractivity contribution in [2.24, 2.45) is 0 Å². The summed E-state index contributed by atoms with van der Waals surface area (Å²) in [6, 6.07) is 23.2. The molecule has 1 fully saturated rings. The SMILES string of the molecule is O=C1OC(c2ccc(F)cc2)C(n2nnc3ccccc32)N1Cc1ccccc1. The highest BCUT2D eigenvalue weighted by atomic mass is 19.1. The van der Waals surface area contributed by atoms with Gasteiger partial charge in [0.2, 0.25) is 0 Å². The molecule has 4 aromatic rings. The number of para-hydroxylation sites is 1. The van der Waals surface area contributed by atoms with Gasteiger partial charge in [0, 0.05) is 0 Å². The topological polar surface area (TPSA) is 60.3 Å². The molecule has 0 aliphatic carbocycles. The van der Waals surface area contributed by atoms with Gasteiger partial charge >= 0.3 is 6.09 Å². The van der Waals surface area contributed by atoms with Crippen molar-refractivity contribution >= 4 is 17.1 Å². The summed E-state index contributed by atoms with van der Waals surface area (Å²) >= 11 is 0. The third-order valence-corrected chi connectivity index (χ3v) is 5.07. The maximum absolute atomic E-state index is 13.4. The average Bonchev–Trinajstić information content (AvgIpc) is 3.31. The average molecular weight is 388 g/mol. The van der Waals surface area contributed by atoms with Gasteiger partial charge in [-0.1, -0.05) is 59.8 Å². The van der Waals surface area contributed by atoms with Crippen LogP contribution >= 0.6 is 0 Å². The Labute approximate surface area is 166 Å². The highest BCUT2D eigenvalue weighted by molar-refractivity contribution is 5.75. The molecule has 2 unspecified atom stereocenters. The summed E-state index contributed by atoms with van der Waals surface area (Å²) in [4.78, 5) is 14.5. The summed E-state index contributed by atoms with van der Waals surface area (Å²) in [7, 11) is 0. The van der Waals surface area contributed by atoms with Gasteiger partial charge in [0.05, 0.1) is 12.1 Å². The van der Waals surface area contributed by atoms with E-state index in [4.69, 9.17) is 4.74 Å². The molecule has 6 nitrogen and oxygen atoms in total. The summed E-state index contributed by atoms with van der Waals surface area (Å²) in [6.45, 7) is 0.357. The highest BCUT2D eigenvalue weighted by Crippen LogP contribution is 2.41. The fraction of sp³-hybridized carbons (Fsp3) is 0.136. The standard InChI is InChI=1S/C22H17FN4O2/c23-17-12-10-16(11-13-17)20-21(27-19-9-5-4-8-18(19)24-25-27)26(22(28)29-20)14-15-6-2-1-3-7-15/h1-13,20-21H,14H2. The molecule has 0 spiro atoms. The van der Waals surface area contributed by atoms with Crippen molar-refractivity contribution in [1.29, 1.82) is 0 Å². The second kappa shape index (κ2) is 7.01. The van der Waals surface area contributed by atoms with E-state index in [-0.39, 0.29) is 5.82 Å². The normalized spacial score (nSPS) is 18.9. The number of fused-ring (bicyclic) bond motifs is 1. The maximum Gasteiger partial charge on any atom is 0.412 e. The Morgan fingerprint density at radius 1 is 0.931 bits per heavy atom. The van der Waals surface area contributed by atoms with Crippen LogP contribution in [0.1, 0.15) is 23.4 Å². The fourth-order valence-electron chi connectivity index (χ4n) is 3.68. The summed E-state index contributed by atoms with van der Waals surface area (Å²) in [5.74, 6) is -0.345. The van der Waals surface area contributed by atoms with Crippen molar-refractivity contribution in [1.82, 2.24) is 19.9 Å². The molecular weight excluding hydrogens is 371 g/mol. The van der Waals surface area contributed by atoms with E-state index < -0.39 is 18.4 Å². The number of aromatic nitrogens is 3. The molecule has 2 heterocycles. The number of ether oxygens (including phenoxy) is 1. The maximum atomic E-state index is 13.4. The third kappa shape index (κ3) is 3.10. The van der Waals surface area contributed by atoms with Crippen LogP contribution in [0.4, 0.5) is 9.18 Å². The summed E-state index contributed by atoms with van der Waals surface area (Å²) in [6.07, 6.45) is -1.65. The second-order valence-electron chi connectivity index (χ2n) is 6.91. The third-order valence-electron chi connectivity index (χ3n) is 5.07. The first-order valence-electron chi connectivity index (χ1n) is 9.27. The van der Waals surface area contributed by atoms with Crippen molar-refractivity contribution in [3.63, 3.8) is 0 Å². The lowest BCUT2D eigenvalue weighted by atomic mass is 10.1. The van der Waals surface area contributed by atoms with Crippen molar-refractivity contribution in [3.05, 3.63) is 95.8 Å². The lowest BCUT2D eigenvalue weighted by Crippen LogP contribution is -2.32. The number of benzene rings is 3. The minimum atomic E-state index is -0.642. The molecule has 7 heteroatoms. The van der Waals surface area contributed by atoms with Crippen LogP contribution in [0, 0.1) is 5.82 Å². The first-order chi connectivity index (χ1) is 14.2. The van der Waals surface area contributed by atoms with Gasteiger partial charge < -0.3 is 4.74 Å². The van der Waals surface area contributed by atoms with Crippen LogP contribution in [0.3, 0.4) is 0 Å². The van der Waals surface area contributed by atoms with E-state index >= 15 is 0 Å². The zero-order valence-corrected chi connectivity index (χ0v) is 15.4. The number of cyclic esters (lactones) is 1. The predicted molar refractivity (Wildman–Crippen MR) is 104 cm³/mol. The van der Waals surface area contributed by atoms with E-state index in [0.29, 0.717) is 12.1 Å². The molecule has 5 rings (SSSR count). The number of hydrogen-bond donors (Lipinski definition) is 0. The fourth-order valence-corrected chi connectivity index (χ4v) is 3.68. The molecule has 0 bridgehead atoms. The van der Waals surface area contributed by atoms with Crippen LogP contribution in [0.2, 0.25) is 0 Å². The van der Waals surface area contributed by atoms with Gasteiger partial charge in [0.15, 0.2) is 12.3 Å². The zero-order valence-electron chi connectivity index (χ0n) is 15.4. The van der Waals surface area contributed by atoms with Crippen molar-refractivity contribution in [2.75, 3.05) is 0 Å². The zero-order chi connectivity index (χ0) is 19.8. The Bertz CT molecular complexity index is 1160. The second-order valence-corrected chi connectivity index (χ2v) is 6.91. The predicted octanol–water partition coefficient (Wildman–Crippen LogP) is 4.46. The molecule has 3 aromatic carbocycles. The summed E-state index contributed by atoms with van der Waals surface area (Å²) in [5, 5.41) is 8.55. The molecule has 2 atom stereocenters. The molecule has 1 aliphatic heterocycles. The Hall–Kier alpha value is -3.74. The van der Waals surface area contributed by atoms with E-state index in [1.54, 1.807) is 21.7 Å². The van der Waals surface area contributed by atoms with Crippen LogP contribution in [0.15, 0.2) is 78.9 Å². The molecule has 0 saturated carbocycles. The van der Waals surface area contributed by atoms with Crippen LogP contribution in [-0.4, -0.2) is 26.0 Å². The van der Waals surface area contributed by atoms with Crippen LogP contribution in [-0.2, 0) is 11.3 Å². The first-order valence-corrected chi connectivity index (χ1v) is 9.27. The van der Waals surface area contributed by atoms with Crippen molar-refractivity contribution < 1.29 is 13.9 Å². The molecular formula is C22H17FN4O2. The first kappa shape index (κ1) is 17.4. The Morgan fingerprint density at radius 3 is 2.45 bits per heavy atom. The van der Waals surface area contributed by atoms with Gasteiger partial charge in [-0.25, -0.2) is 13.9 Å². The number of halogens is 1. The van der Waals surface area contributed by atoms with Gasteiger partial charge in [-0.3, -0.25) is 4.90 Å². The van der Waals surface area contributed by atoms with E-state index in [2.05, 4.69) is 10.3 Å². The van der Waals surface area contributed by atoms with Gasteiger partial charge in [-0.2, -0.15) is 0 Å². The number of rotatable bonds is 4. The number of amides is 1. The summed E-state index contributed by atoms with van der Waals surface area (Å²) in [5.41, 5.74) is 3.18. The van der Waals surface area contributed by atoms with Crippen molar-refractivity contribution in [2.45, 2.75) is 18.8 Å². The smallest absolute Gasteiger partial charge is 0.412 e. The lowest BCUT2D eigenvalue weighted by molar-refractivity contribution is 0.119. The molecule has 29 heavy (non-hydrogen) atoms. The molecule has 1 aliphatic rings. The number of nitrogens with zero attached hydrogens (tertiary/aromatic N) is 4. The van der Waals surface area contributed by atoms with Crippen LogP contribution < -0.4 is 0 Å².